The number of carbonyl (C=O) groups is 1. The Labute approximate surface area is 141 Å². The molecule has 0 heterocycles. The van der Waals surface area contributed by atoms with Crippen LogP contribution in [0.3, 0.4) is 0 Å². The number of halogens is 3. The second kappa shape index (κ2) is 8.88. The molecule has 1 rings (SSSR count). The van der Waals surface area contributed by atoms with E-state index >= 15 is 0 Å². The fourth-order valence-electron chi connectivity index (χ4n) is 1.82. The van der Waals surface area contributed by atoms with Gasteiger partial charge in [-0.3, -0.25) is 4.79 Å². The van der Waals surface area contributed by atoms with Crippen LogP contribution < -0.4 is 25.3 Å². The molecule has 0 saturated heterocycles. The predicted molar refractivity (Wildman–Crippen MR) is 85.8 cm³/mol. The largest absolute Gasteiger partial charge is 0.493 e. The summed E-state index contributed by atoms with van der Waals surface area (Å²) in [6.45, 7) is 0. The fraction of sp³-hybridized carbons (Fsp3) is 0.500. The number of thioether (sulfide) groups is 1. The zero-order valence-corrected chi connectivity index (χ0v) is 14.2. The maximum Gasteiger partial charge on any atom is 0.441 e. The van der Waals surface area contributed by atoms with Gasteiger partial charge in [0, 0.05) is 23.6 Å². The minimum absolute atomic E-state index is 0.111. The van der Waals surface area contributed by atoms with Crippen LogP contribution in [0.2, 0.25) is 0 Å². The summed E-state index contributed by atoms with van der Waals surface area (Å²) in [6, 6.07) is 1.92. The molecular weight excluding hydrogens is 349 g/mol. The average molecular weight is 368 g/mol. The van der Waals surface area contributed by atoms with Crippen LogP contribution in [0.5, 0.6) is 17.2 Å². The molecule has 1 aromatic carbocycles. The first kappa shape index (κ1) is 20.2. The molecule has 1 amide bonds. The van der Waals surface area contributed by atoms with Crippen LogP contribution >= 0.6 is 11.8 Å². The van der Waals surface area contributed by atoms with Gasteiger partial charge < -0.3 is 25.3 Å². The summed E-state index contributed by atoms with van der Waals surface area (Å²) in [5.74, 6) is 0.102. The van der Waals surface area contributed by atoms with E-state index in [1.165, 1.54) is 33.5 Å². The van der Waals surface area contributed by atoms with Gasteiger partial charge in [-0.25, -0.2) is 0 Å². The molecule has 1 aromatic rings. The number of anilines is 1. The minimum atomic E-state index is -4.34. The number of nitrogens with two attached hydrogens (primary N) is 1. The number of methoxy groups -OCH3 is 3. The van der Waals surface area contributed by atoms with Crippen molar-refractivity contribution in [2.24, 2.45) is 5.73 Å². The van der Waals surface area contributed by atoms with Gasteiger partial charge in [-0.2, -0.15) is 13.2 Å². The summed E-state index contributed by atoms with van der Waals surface area (Å²) in [7, 11) is 4.28. The first-order valence-corrected chi connectivity index (χ1v) is 7.77. The Balaban J connectivity index is 2.76. The second-order valence-electron chi connectivity index (χ2n) is 4.59. The van der Waals surface area contributed by atoms with Crippen molar-refractivity contribution in [1.82, 2.24) is 0 Å². The van der Waals surface area contributed by atoms with Crippen LogP contribution in [0, 0.1) is 0 Å². The van der Waals surface area contributed by atoms with Crippen molar-refractivity contribution < 1.29 is 32.2 Å². The van der Waals surface area contributed by atoms with Gasteiger partial charge in [-0.1, -0.05) is 11.8 Å². The summed E-state index contributed by atoms with van der Waals surface area (Å²) in [4.78, 5) is 12.0. The average Bonchev–Trinajstić information content (AvgIpc) is 2.52. The molecule has 10 heteroatoms. The van der Waals surface area contributed by atoms with E-state index in [1.54, 1.807) is 0 Å². The van der Waals surface area contributed by atoms with Crippen LogP contribution in [0.1, 0.15) is 6.42 Å². The lowest BCUT2D eigenvalue weighted by Gasteiger charge is -2.16. The zero-order valence-electron chi connectivity index (χ0n) is 13.4. The summed E-state index contributed by atoms with van der Waals surface area (Å²) >= 11 is -0.214. The third-order valence-corrected chi connectivity index (χ3v) is 3.73. The smallest absolute Gasteiger partial charge is 0.441 e. The number of ether oxygens (including phenoxy) is 3. The van der Waals surface area contributed by atoms with Crippen LogP contribution in [-0.2, 0) is 4.79 Å². The van der Waals surface area contributed by atoms with Crippen molar-refractivity contribution in [1.29, 1.82) is 0 Å². The van der Waals surface area contributed by atoms with E-state index < -0.39 is 17.5 Å². The minimum Gasteiger partial charge on any atom is -0.493 e. The third kappa shape index (κ3) is 6.00. The lowest BCUT2D eigenvalue weighted by Crippen LogP contribution is -2.36. The van der Waals surface area contributed by atoms with E-state index in [-0.39, 0.29) is 23.9 Å². The van der Waals surface area contributed by atoms with E-state index in [4.69, 9.17) is 19.9 Å². The maximum atomic E-state index is 12.1. The molecule has 0 aliphatic heterocycles. The van der Waals surface area contributed by atoms with Crippen LogP contribution in [0.25, 0.3) is 0 Å². The summed E-state index contributed by atoms with van der Waals surface area (Å²) in [6.07, 6.45) is -0.111. The normalized spacial score (nSPS) is 12.5. The second-order valence-corrected chi connectivity index (χ2v) is 5.75. The highest BCUT2D eigenvalue weighted by atomic mass is 32.2. The van der Waals surface area contributed by atoms with Gasteiger partial charge >= 0.3 is 5.51 Å². The molecule has 0 saturated carbocycles. The predicted octanol–water partition coefficient (Wildman–Crippen LogP) is 2.62. The Morgan fingerprint density at radius 1 is 1.21 bits per heavy atom. The Kier molecular flexibility index (Phi) is 7.49. The molecule has 0 spiro atoms. The molecule has 0 aliphatic rings. The molecule has 0 unspecified atom stereocenters. The summed E-state index contributed by atoms with van der Waals surface area (Å²) in [5.41, 5.74) is 1.60. The number of alkyl halides is 3. The quantitative estimate of drug-likeness (QED) is 0.734. The number of carbonyl (C=O) groups excluding carboxylic acids is 1. The molecule has 0 bridgehead atoms. The third-order valence-electron chi connectivity index (χ3n) is 2.96. The SMILES string of the molecule is COc1cc(NC(=O)[C@@H](N)CCSC(F)(F)F)cc(OC)c1OC. The van der Waals surface area contributed by atoms with Gasteiger partial charge in [0.05, 0.1) is 27.4 Å². The van der Waals surface area contributed by atoms with Gasteiger partial charge in [0.1, 0.15) is 0 Å². The molecule has 6 nitrogen and oxygen atoms in total. The zero-order chi connectivity index (χ0) is 18.3. The molecule has 0 aliphatic carbocycles. The number of hydrogen-bond acceptors (Lipinski definition) is 6. The maximum absolute atomic E-state index is 12.1. The van der Waals surface area contributed by atoms with Crippen LogP contribution in [0.4, 0.5) is 18.9 Å². The Morgan fingerprint density at radius 2 is 1.75 bits per heavy atom. The summed E-state index contributed by atoms with van der Waals surface area (Å²) in [5, 5.41) is 2.52. The van der Waals surface area contributed by atoms with E-state index in [0.29, 0.717) is 22.9 Å². The molecule has 24 heavy (non-hydrogen) atoms. The van der Waals surface area contributed by atoms with Crippen molar-refractivity contribution in [3.63, 3.8) is 0 Å². The van der Waals surface area contributed by atoms with Crippen molar-refractivity contribution in [3.8, 4) is 17.2 Å². The van der Waals surface area contributed by atoms with E-state index in [2.05, 4.69) is 5.32 Å². The Bertz CT molecular complexity index is 544. The number of rotatable bonds is 8. The number of nitrogens with one attached hydrogen (secondary N) is 1. The first-order chi connectivity index (χ1) is 11.2. The van der Waals surface area contributed by atoms with E-state index in [0.717, 1.165) is 0 Å². The molecule has 136 valence electrons. The van der Waals surface area contributed by atoms with Gasteiger partial charge in [0.2, 0.25) is 11.7 Å². The highest BCUT2D eigenvalue weighted by Gasteiger charge is 2.28. The molecule has 1 atom stereocenters. The molecule has 0 radical (unpaired) electrons. The van der Waals surface area contributed by atoms with Crippen molar-refractivity contribution in [2.45, 2.75) is 18.0 Å². The molecular formula is C14H19F3N2O4S. The number of benzene rings is 1. The number of amides is 1. The molecule has 0 fully saturated rings. The van der Waals surface area contributed by atoms with E-state index in [1.807, 2.05) is 0 Å². The Morgan fingerprint density at radius 3 is 2.17 bits per heavy atom. The highest BCUT2D eigenvalue weighted by Crippen LogP contribution is 2.40. The molecule has 3 N–H and O–H groups in total. The number of hydrogen-bond donors (Lipinski definition) is 2. The standard InChI is InChI=1S/C14H19F3N2O4S/c1-21-10-6-8(7-11(22-2)12(10)23-3)19-13(20)9(18)4-5-24-14(15,16)17/h6-7,9H,4-5,18H2,1-3H3,(H,19,20)/t9-/m0/s1. The topological polar surface area (TPSA) is 82.8 Å². The highest BCUT2D eigenvalue weighted by molar-refractivity contribution is 8.00. The van der Waals surface area contributed by atoms with Crippen molar-refractivity contribution >= 4 is 23.4 Å². The monoisotopic (exact) mass is 368 g/mol. The lowest BCUT2D eigenvalue weighted by molar-refractivity contribution is -0.117. The fourth-order valence-corrected chi connectivity index (χ4v) is 2.42. The van der Waals surface area contributed by atoms with Crippen LogP contribution in [0.15, 0.2) is 12.1 Å². The van der Waals surface area contributed by atoms with E-state index in [9.17, 15) is 18.0 Å². The lowest BCUT2D eigenvalue weighted by atomic mass is 10.2. The van der Waals surface area contributed by atoms with Crippen molar-refractivity contribution in [3.05, 3.63) is 12.1 Å². The van der Waals surface area contributed by atoms with Gasteiger partial charge in [0.15, 0.2) is 11.5 Å². The van der Waals surface area contributed by atoms with Gasteiger partial charge in [-0.05, 0) is 6.42 Å². The van der Waals surface area contributed by atoms with Crippen molar-refractivity contribution in [2.75, 3.05) is 32.4 Å². The van der Waals surface area contributed by atoms with Crippen LogP contribution in [-0.4, -0.2) is 44.5 Å². The summed E-state index contributed by atoms with van der Waals surface area (Å²) < 4.78 is 51.7. The molecule has 0 aromatic heterocycles. The van der Waals surface area contributed by atoms with Gasteiger partial charge in [-0.15, -0.1) is 0 Å². The Hall–Kier alpha value is -1.81. The first-order valence-electron chi connectivity index (χ1n) is 6.79. The van der Waals surface area contributed by atoms with Gasteiger partial charge in [0.25, 0.3) is 0 Å².